The molecule has 33 heavy (non-hydrogen) atoms. The summed E-state index contributed by atoms with van der Waals surface area (Å²) in [6, 6.07) is 22.0. The molecule has 3 heterocycles. The van der Waals surface area contributed by atoms with Crippen molar-refractivity contribution in [3.63, 3.8) is 0 Å². The molecule has 0 amide bonds. The van der Waals surface area contributed by atoms with Crippen LogP contribution < -0.4 is 11.4 Å². The van der Waals surface area contributed by atoms with Gasteiger partial charge in [0.2, 0.25) is 0 Å². The van der Waals surface area contributed by atoms with Gasteiger partial charge in [0.15, 0.2) is 0 Å². The lowest BCUT2D eigenvalue weighted by Gasteiger charge is -2.23. The largest absolute Gasteiger partial charge is 0.330 e. The van der Waals surface area contributed by atoms with Gasteiger partial charge in [0.05, 0.1) is 22.6 Å². The van der Waals surface area contributed by atoms with Gasteiger partial charge in [-0.25, -0.2) is 4.79 Å². The maximum atomic E-state index is 12.7. The Kier molecular flexibility index (Phi) is 5.15. The van der Waals surface area contributed by atoms with E-state index in [0.29, 0.717) is 17.9 Å². The molecule has 0 fully saturated rings. The fourth-order valence-electron chi connectivity index (χ4n) is 3.97. The quantitative estimate of drug-likeness (QED) is 0.419. The van der Waals surface area contributed by atoms with E-state index >= 15 is 0 Å². The van der Waals surface area contributed by atoms with Crippen molar-refractivity contribution in [2.24, 2.45) is 5.73 Å². The number of para-hydroxylation sites is 1. The van der Waals surface area contributed by atoms with Crippen molar-refractivity contribution < 1.29 is 0 Å². The number of aromatic amines is 1. The molecule has 164 valence electrons. The van der Waals surface area contributed by atoms with Gasteiger partial charge < -0.3 is 10.7 Å². The number of hydrogen-bond donors (Lipinski definition) is 2. The van der Waals surface area contributed by atoms with Gasteiger partial charge in [-0.05, 0) is 47.5 Å². The zero-order valence-corrected chi connectivity index (χ0v) is 18.6. The third kappa shape index (κ3) is 3.85. The van der Waals surface area contributed by atoms with Gasteiger partial charge in [0.1, 0.15) is 0 Å². The lowest BCUT2D eigenvalue weighted by Crippen LogP contribution is -2.28. The van der Waals surface area contributed by atoms with Crippen LogP contribution in [0, 0.1) is 0 Å². The number of nitrogens with two attached hydrogens (primary N) is 1. The molecule has 0 aliphatic heterocycles. The third-order valence-electron chi connectivity index (χ3n) is 6.14. The summed E-state index contributed by atoms with van der Waals surface area (Å²) >= 11 is 0. The molecule has 0 atom stereocenters. The Bertz CT molecular complexity index is 1500. The number of H-pyrrole nitrogens is 1. The maximum absolute atomic E-state index is 12.7. The SMILES string of the molecule is CC(C)(CN)c1ccc(-n2c(-c3cc(-c4cnc5ccccc5c4)ccn3)c[nH]c2=O)cc1. The molecule has 0 unspecified atom stereocenters. The molecule has 3 aromatic heterocycles. The van der Waals surface area contributed by atoms with Crippen LogP contribution in [0.3, 0.4) is 0 Å². The predicted molar refractivity (Wildman–Crippen MR) is 132 cm³/mol. The summed E-state index contributed by atoms with van der Waals surface area (Å²) in [5.41, 5.74) is 11.8. The minimum Gasteiger partial charge on any atom is -0.330 e. The minimum absolute atomic E-state index is 0.131. The van der Waals surface area contributed by atoms with Crippen molar-refractivity contribution in [3.8, 4) is 28.2 Å². The number of nitrogens with zero attached hydrogens (tertiary/aromatic N) is 3. The molecule has 5 rings (SSSR count). The van der Waals surface area contributed by atoms with Gasteiger partial charge in [0, 0.05) is 41.5 Å². The minimum atomic E-state index is -0.213. The molecular weight excluding hydrogens is 410 g/mol. The second kappa shape index (κ2) is 8.15. The number of nitrogens with one attached hydrogen (secondary N) is 1. The molecule has 0 aliphatic carbocycles. The summed E-state index contributed by atoms with van der Waals surface area (Å²) in [6.07, 6.45) is 5.32. The van der Waals surface area contributed by atoms with Gasteiger partial charge in [0.25, 0.3) is 0 Å². The summed E-state index contributed by atoms with van der Waals surface area (Å²) in [4.78, 5) is 24.6. The van der Waals surface area contributed by atoms with E-state index in [1.165, 1.54) is 0 Å². The molecule has 3 N–H and O–H groups in total. The summed E-state index contributed by atoms with van der Waals surface area (Å²) in [6.45, 7) is 4.75. The highest BCUT2D eigenvalue weighted by Gasteiger charge is 2.19. The van der Waals surface area contributed by atoms with Crippen LogP contribution >= 0.6 is 0 Å². The fourth-order valence-corrected chi connectivity index (χ4v) is 3.97. The molecule has 6 heteroatoms. The summed E-state index contributed by atoms with van der Waals surface area (Å²) in [5.74, 6) is 0. The predicted octanol–water partition coefficient (Wildman–Crippen LogP) is 4.68. The van der Waals surface area contributed by atoms with Gasteiger partial charge >= 0.3 is 5.69 Å². The first-order valence-corrected chi connectivity index (χ1v) is 10.9. The van der Waals surface area contributed by atoms with Crippen molar-refractivity contribution in [1.82, 2.24) is 19.5 Å². The number of benzene rings is 2. The highest BCUT2D eigenvalue weighted by molar-refractivity contribution is 5.84. The van der Waals surface area contributed by atoms with Gasteiger partial charge in [-0.2, -0.15) is 0 Å². The first-order valence-electron chi connectivity index (χ1n) is 10.9. The lowest BCUT2D eigenvalue weighted by molar-refractivity contribution is 0.539. The van der Waals surface area contributed by atoms with E-state index in [1.807, 2.05) is 66.9 Å². The Labute approximate surface area is 191 Å². The van der Waals surface area contributed by atoms with E-state index in [4.69, 9.17) is 5.73 Å². The van der Waals surface area contributed by atoms with Crippen LogP contribution in [0.25, 0.3) is 39.1 Å². The van der Waals surface area contributed by atoms with Crippen molar-refractivity contribution in [1.29, 1.82) is 0 Å². The first-order chi connectivity index (χ1) is 16.0. The van der Waals surface area contributed by atoms with Crippen LogP contribution in [0.5, 0.6) is 0 Å². The van der Waals surface area contributed by atoms with Crippen molar-refractivity contribution >= 4 is 10.9 Å². The number of aromatic nitrogens is 4. The van der Waals surface area contributed by atoms with E-state index in [2.05, 4.69) is 34.9 Å². The average molecular weight is 436 g/mol. The highest BCUT2D eigenvalue weighted by atomic mass is 16.1. The number of pyridine rings is 2. The third-order valence-corrected chi connectivity index (χ3v) is 6.14. The Morgan fingerprint density at radius 3 is 2.55 bits per heavy atom. The zero-order valence-electron chi connectivity index (χ0n) is 18.6. The molecule has 6 nitrogen and oxygen atoms in total. The van der Waals surface area contributed by atoms with Crippen LogP contribution in [-0.2, 0) is 5.41 Å². The van der Waals surface area contributed by atoms with Gasteiger partial charge in [-0.3, -0.25) is 14.5 Å². The van der Waals surface area contributed by atoms with E-state index in [0.717, 1.165) is 33.3 Å². The average Bonchev–Trinajstić information content (AvgIpc) is 3.25. The van der Waals surface area contributed by atoms with Crippen molar-refractivity contribution in [2.75, 3.05) is 6.54 Å². The molecule has 0 aliphatic rings. The summed E-state index contributed by atoms with van der Waals surface area (Å²) < 4.78 is 1.64. The fraction of sp³-hybridized carbons (Fsp3) is 0.148. The van der Waals surface area contributed by atoms with E-state index in [1.54, 1.807) is 17.0 Å². The van der Waals surface area contributed by atoms with Crippen LogP contribution in [0.15, 0.2) is 90.1 Å². The number of imidazole rings is 1. The molecular formula is C27H25N5O. The van der Waals surface area contributed by atoms with Crippen molar-refractivity contribution in [2.45, 2.75) is 19.3 Å². The Morgan fingerprint density at radius 1 is 0.970 bits per heavy atom. The number of rotatable bonds is 5. The Balaban J connectivity index is 1.56. The molecule has 0 saturated carbocycles. The number of fused-ring (bicyclic) bond motifs is 1. The Morgan fingerprint density at radius 2 is 1.76 bits per heavy atom. The maximum Gasteiger partial charge on any atom is 0.330 e. The normalized spacial score (nSPS) is 11.7. The molecule has 5 aromatic rings. The number of hydrogen-bond acceptors (Lipinski definition) is 4. The van der Waals surface area contributed by atoms with Gasteiger partial charge in [-0.1, -0.05) is 44.2 Å². The topological polar surface area (TPSA) is 89.6 Å². The zero-order chi connectivity index (χ0) is 23.0. The van der Waals surface area contributed by atoms with E-state index in [-0.39, 0.29) is 11.1 Å². The van der Waals surface area contributed by atoms with Crippen LogP contribution in [0.1, 0.15) is 19.4 Å². The van der Waals surface area contributed by atoms with Crippen LogP contribution in [0.2, 0.25) is 0 Å². The van der Waals surface area contributed by atoms with Crippen LogP contribution in [-0.4, -0.2) is 26.1 Å². The van der Waals surface area contributed by atoms with E-state index < -0.39 is 0 Å². The van der Waals surface area contributed by atoms with E-state index in [9.17, 15) is 4.79 Å². The lowest BCUT2D eigenvalue weighted by atomic mass is 9.85. The van der Waals surface area contributed by atoms with Gasteiger partial charge in [-0.15, -0.1) is 0 Å². The van der Waals surface area contributed by atoms with Crippen molar-refractivity contribution in [3.05, 3.63) is 101 Å². The smallest absolute Gasteiger partial charge is 0.330 e. The second-order valence-electron chi connectivity index (χ2n) is 8.80. The Hall–Kier alpha value is -4.03. The molecule has 0 saturated heterocycles. The monoisotopic (exact) mass is 435 g/mol. The molecule has 0 bridgehead atoms. The summed E-state index contributed by atoms with van der Waals surface area (Å²) in [5, 5.41) is 1.08. The standard InChI is InChI=1S/C27H25N5O/c1-27(2,17-28)21-7-9-22(10-8-21)32-25(16-31-26(32)33)24-14-18(11-12-29-24)20-13-19-5-3-4-6-23(19)30-15-20/h3-16H,17,28H2,1-2H3,(H,31,33). The highest BCUT2D eigenvalue weighted by Crippen LogP contribution is 2.28. The second-order valence-corrected chi connectivity index (χ2v) is 8.80. The first kappa shape index (κ1) is 20.8. The van der Waals surface area contributed by atoms with Crippen LogP contribution in [0.4, 0.5) is 0 Å². The summed E-state index contributed by atoms with van der Waals surface area (Å²) in [7, 11) is 0. The molecule has 2 aromatic carbocycles. The molecule has 0 radical (unpaired) electrons. The molecule has 0 spiro atoms.